The first-order valence-corrected chi connectivity index (χ1v) is 5.40. The zero-order chi connectivity index (χ0) is 10.5. The Morgan fingerprint density at radius 3 is 2.80 bits per heavy atom. The van der Waals surface area contributed by atoms with Gasteiger partial charge in [-0.2, -0.15) is 4.98 Å². The molecule has 1 aliphatic heterocycles. The summed E-state index contributed by atoms with van der Waals surface area (Å²) in [6.07, 6.45) is 2.37. The standard InChI is InChI=1S/C10H15N3O2/c1-7-11-9(15-12-7)4-13-5-10(14,6-13)8-2-3-8/h8,14H,2-6H2,1H3. The highest BCUT2D eigenvalue weighted by Crippen LogP contribution is 2.44. The molecule has 82 valence electrons. The van der Waals surface area contributed by atoms with E-state index in [2.05, 4.69) is 15.0 Å². The lowest BCUT2D eigenvalue weighted by atomic mass is 9.89. The van der Waals surface area contributed by atoms with Crippen LogP contribution in [0.1, 0.15) is 24.6 Å². The van der Waals surface area contributed by atoms with E-state index in [4.69, 9.17) is 4.52 Å². The first-order chi connectivity index (χ1) is 7.16. The summed E-state index contributed by atoms with van der Waals surface area (Å²) in [5, 5.41) is 13.8. The van der Waals surface area contributed by atoms with Crippen LogP contribution in [0.5, 0.6) is 0 Å². The van der Waals surface area contributed by atoms with E-state index in [0.717, 1.165) is 13.1 Å². The molecule has 3 rings (SSSR count). The number of aryl methyl sites for hydroxylation is 1. The fourth-order valence-corrected chi connectivity index (χ4v) is 2.31. The van der Waals surface area contributed by atoms with Crippen LogP contribution in [0, 0.1) is 12.8 Å². The van der Waals surface area contributed by atoms with Crippen LogP contribution in [-0.4, -0.2) is 38.8 Å². The largest absolute Gasteiger partial charge is 0.387 e. The highest BCUT2D eigenvalue weighted by atomic mass is 16.5. The van der Waals surface area contributed by atoms with Crippen molar-refractivity contribution in [3.05, 3.63) is 11.7 Å². The van der Waals surface area contributed by atoms with E-state index < -0.39 is 5.60 Å². The minimum Gasteiger partial charge on any atom is -0.387 e. The average molecular weight is 209 g/mol. The van der Waals surface area contributed by atoms with Crippen LogP contribution >= 0.6 is 0 Å². The molecular weight excluding hydrogens is 194 g/mol. The van der Waals surface area contributed by atoms with Gasteiger partial charge in [0.15, 0.2) is 5.82 Å². The number of rotatable bonds is 3. The summed E-state index contributed by atoms with van der Waals surface area (Å²) in [5.74, 6) is 1.85. The minimum absolute atomic E-state index is 0.422. The third kappa shape index (κ3) is 1.66. The third-order valence-corrected chi connectivity index (χ3v) is 3.26. The number of aromatic nitrogens is 2. The maximum absolute atomic E-state index is 10.1. The first-order valence-electron chi connectivity index (χ1n) is 5.40. The molecule has 0 atom stereocenters. The molecule has 0 spiro atoms. The predicted octanol–water partition coefficient (Wildman–Crippen LogP) is 0.335. The number of β-amino-alcohol motifs (C(OH)–C–C–N with tert-alkyl or cyclic N) is 1. The van der Waals surface area contributed by atoms with Crippen molar-refractivity contribution >= 4 is 0 Å². The SMILES string of the molecule is Cc1noc(CN2CC(O)(C3CC3)C2)n1. The van der Waals surface area contributed by atoms with Crippen LogP contribution in [0.3, 0.4) is 0 Å². The molecule has 1 aromatic heterocycles. The summed E-state index contributed by atoms with van der Waals surface area (Å²) < 4.78 is 5.03. The molecule has 5 heteroatoms. The van der Waals surface area contributed by atoms with Crippen LogP contribution in [0.4, 0.5) is 0 Å². The van der Waals surface area contributed by atoms with E-state index >= 15 is 0 Å². The van der Waals surface area contributed by atoms with E-state index in [9.17, 15) is 5.11 Å². The van der Waals surface area contributed by atoms with Crippen LogP contribution in [0.15, 0.2) is 4.52 Å². The smallest absolute Gasteiger partial charge is 0.240 e. The molecule has 0 unspecified atom stereocenters. The van der Waals surface area contributed by atoms with Crippen molar-refractivity contribution in [3.63, 3.8) is 0 Å². The maximum Gasteiger partial charge on any atom is 0.240 e. The van der Waals surface area contributed by atoms with Gasteiger partial charge in [0.2, 0.25) is 5.89 Å². The zero-order valence-corrected chi connectivity index (χ0v) is 8.81. The second kappa shape index (κ2) is 3.02. The Labute approximate surface area is 88.1 Å². The maximum atomic E-state index is 10.1. The Kier molecular flexibility index (Phi) is 1.87. The van der Waals surface area contributed by atoms with Crippen molar-refractivity contribution in [2.75, 3.05) is 13.1 Å². The Hall–Kier alpha value is -0.940. The molecule has 5 nitrogen and oxygen atoms in total. The third-order valence-electron chi connectivity index (χ3n) is 3.26. The fraction of sp³-hybridized carbons (Fsp3) is 0.800. The fourth-order valence-electron chi connectivity index (χ4n) is 2.31. The van der Waals surface area contributed by atoms with Gasteiger partial charge in [0.1, 0.15) is 0 Å². The second-order valence-electron chi connectivity index (χ2n) is 4.76. The summed E-state index contributed by atoms with van der Waals surface area (Å²) in [4.78, 5) is 6.28. The molecule has 0 bridgehead atoms. The van der Waals surface area contributed by atoms with Gasteiger partial charge in [-0.25, -0.2) is 0 Å². The van der Waals surface area contributed by atoms with E-state index in [1.165, 1.54) is 12.8 Å². The topological polar surface area (TPSA) is 62.4 Å². The van der Waals surface area contributed by atoms with Crippen molar-refractivity contribution in [1.29, 1.82) is 0 Å². The van der Waals surface area contributed by atoms with Gasteiger partial charge in [-0.05, 0) is 25.7 Å². The normalized spacial score (nSPS) is 25.2. The molecule has 2 fully saturated rings. The highest BCUT2D eigenvalue weighted by Gasteiger charge is 2.51. The second-order valence-corrected chi connectivity index (χ2v) is 4.76. The van der Waals surface area contributed by atoms with E-state index in [1.54, 1.807) is 0 Å². The molecule has 1 aliphatic carbocycles. The number of hydrogen-bond acceptors (Lipinski definition) is 5. The zero-order valence-electron chi connectivity index (χ0n) is 8.81. The van der Waals surface area contributed by atoms with Crippen LogP contribution in [0.25, 0.3) is 0 Å². The van der Waals surface area contributed by atoms with Crippen LogP contribution in [0.2, 0.25) is 0 Å². The summed E-state index contributed by atoms with van der Waals surface area (Å²) in [6.45, 7) is 3.97. The molecule has 0 amide bonds. The van der Waals surface area contributed by atoms with Crippen molar-refractivity contribution in [2.45, 2.75) is 31.9 Å². The van der Waals surface area contributed by atoms with E-state index in [1.807, 2.05) is 6.92 Å². The highest BCUT2D eigenvalue weighted by molar-refractivity contribution is 5.05. The van der Waals surface area contributed by atoms with Gasteiger partial charge in [0.25, 0.3) is 0 Å². The molecular formula is C10H15N3O2. The molecule has 2 heterocycles. The number of likely N-dealkylation sites (tertiary alicyclic amines) is 1. The van der Waals surface area contributed by atoms with Gasteiger partial charge in [0.05, 0.1) is 12.1 Å². The monoisotopic (exact) mass is 209 g/mol. The molecule has 0 aromatic carbocycles. The van der Waals surface area contributed by atoms with Gasteiger partial charge in [0, 0.05) is 13.1 Å². The van der Waals surface area contributed by atoms with Crippen molar-refractivity contribution < 1.29 is 9.63 Å². The van der Waals surface area contributed by atoms with Gasteiger partial charge in [-0.15, -0.1) is 0 Å². The molecule has 1 saturated carbocycles. The Balaban J connectivity index is 1.55. The minimum atomic E-state index is -0.422. The summed E-state index contributed by atoms with van der Waals surface area (Å²) in [7, 11) is 0. The average Bonchev–Trinajstić information content (AvgIpc) is 2.90. The molecule has 1 N–H and O–H groups in total. The Morgan fingerprint density at radius 2 is 2.27 bits per heavy atom. The molecule has 15 heavy (non-hydrogen) atoms. The summed E-state index contributed by atoms with van der Waals surface area (Å²) >= 11 is 0. The van der Waals surface area contributed by atoms with Crippen LogP contribution in [-0.2, 0) is 6.54 Å². The molecule has 2 aliphatic rings. The van der Waals surface area contributed by atoms with Crippen molar-refractivity contribution in [3.8, 4) is 0 Å². The quantitative estimate of drug-likeness (QED) is 0.777. The summed E-state index contributed by atoms with van der Waals surface area (Å²) in [5.41, 5.74) is -0.422. The van der Waals surface area contributed by atoms with Gasteiger partial charge >= 0.3 is 0 Å². The molecule has 1 saturated heterocycles. The van der Waals surface area contributed by atoms with Crippen molar-refractivity contribution in [2.24, 2.45) is 5.92 Å². The van der Waals surface area contributed by atoms with E-state index in [-0.39, 0.29) is 0 Å². The predicted molar refractivity (Wildman–Crippen MR) is 52.0 cm³/mol. The summed E-state index contributed by atoms with van der Waals surface area (Å²) in [6, 6.07) is 0. The number of aliphatic hydroxyl groups is 1. The molecule has 0 radical (unpaired) electrons. The van der Waals surface area contributed by atoms with Gasteiger partial charge in [-0.1, -0.05) is 5.16 Å². The van der Waals surface area contributed by atoms with E-state index in [0.29, 0.717) is 24.2 Å². The lowest BCUT2D eigenvalue weighted by molar-refractivity contribution is -0.119. The first kappa shape index (κ1) is 9.30. The Morgan fingerprint density at radius 1 is 1.53 bits per heavy atom. The van der Waals surface area contributed by atoms with Crippen molar-refractivity contribution in [1.82, 2.24) is 15.0 Å². The lowest BCUT2D eigenvalue weighted by Gasteiger charge is -2.46. The van der Waals surface area contributed by atoms with Gasteiger partial charge in [-0.3, -0.25) is 4.90 Å². The Bertz CT molecular complexity index is 366. The van der Waals surface area contributed by atoms with Gasteiger partial charge < -0.3 is 9.63 Å². The van der Waals surface area contributed by atoms with Crippen LogP contribution < -0.4 is 0 Å². The number of hydrogen-bond donors (Lipinski definition) is 1. The molecule has 1 aromatic rings. The lowest BCUT2D eigenvalue weighted by Crippen LogP contribution is -2.62. The number of nitrogens with zero attached hydrogens (tertiary/aromatic N) is 3.